The molecule has 2 aromatic carbocycles. The number of thiophene rings is 2. The molecule has 7 N–H and O–H groups in total. The number of aliphatic hydroxyl groups excluding tert-OH is 1. The van der Waals surface area contributed by atoms with Crippen molar-refractivity contribution in [1.82, 2.24) is 15.2 Å². The number of fused-ring (bicyclic) bond motifs is 1. The number of aryl methyl sites for hydroxylation is 2. The molecular weight excluding hydrogens is 749 g/mol. The molecule has 1 unspecified atom stereocenters. The summed E-state index contributed by atoms with van der Waals surface area (Å²) in [5, 5.41) is 40.7. The molecule has 56 heavy (non-hydrogen) atoms. The van der Waals surface area contributed by atoms with Crippen LogP contribution < -0.4 is 16.6 Å². The summed E-state index contributed by atoms with van der Waals surface area (Å²) in [6, 6.07) is 18.2. The average molecular weight is 801 g/mol. The van der Waals surface area contributed by atoms with E-state index in [1.165, 1.54) is 57.1 Å². The summed E-state index contributed by atoms with van der Waals surface area (Å²) >= 11 is 2.74. The van der Waals surface area contributed by atoms with Gasteiger partial charge in [0.05, 0.1) is 21.4 Å². The number of hydrogen-bond acceptors (Lipinski definition) is 11. The maximum Gasteiger partial charge on any atom is 0.349 e. The smallest absolute Gasteiger partial charge is 0.349 e. The highest BCUT2D eigenvalue weighted by molar-refractivity contribution is 7.12. The van der Waals surface area contributed by atoms with Crippen LogP contribution in [0.2, 0.25) is 0 Å². The Labute approximate surface area is 335 Å². The summed E-state index contributed by atoms with van der Waals surface area (Å²) in [7, 11) is 0. The fourth-order valence-corrected chi connectivity index (χ4v) is 10.0. The molecule has 1 aliphatic heterocycles. The normalized spacial score (nSPS) is 16.2. The molecule has 0 bridgehead atoms. The van der Waals surface area contributed by atoms with Crippen molar-refractivity contribution < 1.29 is 29.6 Å². The highest BCUT2D eigenvalue weighted by Gasteiger charge is 2.51. The van der Waals surface area contributed by atoms with Crippen molar-refractivity contribution in [2.45, 2.75) is 83.1 Å². The van der Waals surface area contributed by atoms with Crippen LogP contribution in [0.5, 0.6) is 5.75 Å². The Morgan fingerprint density at radius 1 is 1.02 bits per heavy atom. The van der Waals surface area contributed by atoms with E-state index < -0.39 is 17.7 Å². The van der Waals surface area contributed by atoms with Gasteiger partial charge in [0, 0.05) is 31.1 Å². The number of esters is 1. The molecule has 1 aliphatic carbocycles. The molecule has 1 saturated carbocycles. The Hall–Kier alpha value is -4.37. The van der Waals surface area contributed by atoms with E-state index >= 15 is 0 Å². The van der Waals surface area contributed by atoms with Crippen LogP contribution in [0.25, 0.3) is 10.9 Å². The summed E-state index contributed by atoms with van der Waals surface area (Å²) in [5.41, 5.74) is 8.62. The first-order valence-electron chi connectivity index (χ1n) is 19.3. The summed E-state index contributed by atoms with van der Waals surface area (Å²) in [4.78, 5) is 40.2. The number of pyridine rings is 1. The van der Waals surface area contributed by atoms with E-state index in [-0.39, 0.29) is 29.2 Å². The number of amides is 1. The number of H-pyrrole nitrogens is 1. The lowest BCUT2D eigenvalue weighted by Crippen LogP contribution is -2.52. The van der Waals surface area contributed by atoms with Gasteiger partial charge in [0.25, 0.3) is 0 Å². The first-order chi connectivity index (χ1) is 27.0. The minimum absolute atomic E-state index is 0.0205. The third-order valence-electron chi connectivity index (χ3n) is 11.5. The second-order valence-corrected chi connectivity index (χ2v) is 16.8. The molecule has 1 spiro atoms. The van der Waals surface area contributed by atoms with Crippen molar-refractivity contribution in [2.75, 3.05) is 26.2 Å². The van der Waals surface area contributed by atoms with E-state index in [4.69, 9.17) is 9.53 Å². The minimum atomic E-state index is -1.75. The second-order valence-electron chi connectivity index (χ2n) is 14.9. The van der Waals surface area contributed by atoms with Crippen molar-refractivity contribution in [3.05, 3.63) is 119 Å². The number of aliphatic hydroxyl groups is 2. The van der Waals surface area contributed by atoms with Gasteiger partial charge in [-0.2, -0.15) is 0 Å². The number of phenolic OH excluding ortho intramolecular Hbond substituents is 1. The van der Waals surface area contributed by atoms with Crippen LogP contribution in [0.15, 0.2) is 76.2 Å². The molecule has 0 radical (unpaired) electrons. The van der Waals surface area contributed by atoms with E-state index in [0.717, 1.165) is 64.6 Å². The molecule has 7 rings (SSSR count). The first-order valence-corrected chi connectivity index (χ1v) is 21.1. The fourth-order valence-electron chi connectivity index (χ4n) is 8.31. The van der Waals surface area contributed by atoms with Gasteiger partial charge in [-0.15, -0.1) is 22.7 Å². The van der Waals surface area contributed by atoms with Crippen molar-refractivity contribution >= 4 is 46.0 Å². The van der Waals surface area contributed by atoms with Gasteiger partial charge in [0.2, 0.25) is 17.6 Å². The van der Waals surface area contributed by atoms with Gasteiger partial charge in [0.1, 0.15) is 11.9 Å². The second kappa shape index (κ2) is 18.3. The summed E-state index contributed by atoms with van der Waals surface area (Å²) in [6.07, 6.45) is 6.05. The SMILES string of the molecule is CCc1cc(CNCC(O)c2ccc(O)c3[nH]c(=O)ccc23)c(CC)cc1CCN1CCC2(CC1)CC(OC(=O)C(O)(c1cccs1)c1cccs1)C2.NC=O. The predicted molar refractivity (Wildman–Crippen MR) is 221 cm³/mol. The van der Waals surface area contributed by atoms with Gasteiger partial charge in [-0.05, 0) is 126 Å². The molecule has 11 nitrogen and oxygen atoms in total. The Kier molecular flexibility index (Phi) is 13.5. The number of nitrogens with two attached hydrogens (primary N) is 1. The molecule has 5 aromatic rings. The number of phenols is 1. The number of carbonyl (C=O) groups excluding carboxylic acids is 2. The van der Waals surface area contributed by atoms with Crippen molar-refractivity contribution in [1.29, 1.82) is 0 Å². The van der Waals surface area contributed by atoms with Gasteiger partial charge in [-0.1, -0.05) is 44.2 Å². The number of likely N-dealkylation sites (tertiary alicyclic amines) is 1. The average Bonchev–Trinajstić information content (AvgIpc) is 3.94. The van der Waals surface area contributed by atoms with E-state index in [0.29, 0.717) is 39.3 Å². The van der Waals surface area contributed by atoms with Crippen LogP contribution in [0.3, 0.4) is 0 Å². The molecule has 13 heteroatoms. The van der Waals surface area contributed by atoms with Gasteiger partial charge in [0.15, 0.2) is 0 Å². The zero-order valence-corrected chi connectivity index (χ0v) is 33.6. The van der Waals surface area contributed by atoms with Crippen molar-refractivity contribution in [3.63, 3.8) is 0 Å². The van der Waals surface area contributed by atoms with Crippen LogP contribution >= 0.6 is 22.7 Å². The molecule has 1 saturated heterocycles. The van der Waals surface area contributed by atoms with E-state index in [1.54, 1.807) is 24.3 Å². The molecule has 2 fully saturated rings. The van der Waals surface area contributed by atoms with E-state index in [9.17, 15) is 24.9 Å². The number of nitrogens with one attached hydrogen (secondary N) is 2. The zero-order chi connectivity index (χ0) is 39.9. The quantitative estimate of drug-likeness (QED) is 0.0610. The number of hydrogen-bond donors (Lipinski definition) is 6. The number of carbonyl (C=O) groups is 2. The number of benzene rings is 2. The fraction of sp³-hybridized carbons (Fsp3) is 0.419. The van der Waals surface area contributed by atoms with Crippen LogP contribution in [-0.4, -0.2) is 69.9 Å². The van der Waals surface area contributed by atoms with Crippen molar-refractivity contribution in [2.24, 2.45) is 11.1 Å². The molecular formula is C43H52N4O7S2. The van der Waals surface area contributed by atoms with Crippen molar-refractivity contribution in [3.8, 4) is 5.75 Å². The summed E-state index contributed by atoms with van der Waals surface area (Å²) in [5.74, 6) is -0.590. The number of rotatable bonds is 14. The van der Waals surface area contributed by atoms with Gasteiger partial charge in [-0.25, -0.2) is 4.79 Å². The standard InChI is InChI=1S/C42H49N3O6S2.CH3NO/c1-3-27-22-30(25-43-26-35(47)32-9-11-34(46)39-33(32)10-12-38(48)44-39)28(4-2)21-29(27)13-16-45-17-14-41(15-18-45)23-31(24-41)51-40(49)42(50,36-7-5-19-52-36)37-8-6-20-53-37;2-1-3/h5-12,19-22,31,35,43,46-47,50H,3-4,13-18,23-26H2,1-2H3,(H,44,48);1H,(H2,2,3). The molecule has 4 heterocycles. The predicted octanol–water partition coefficient (Wildman–Crippen LogP) is 5.67. The number of aromatic hydroxyl groups is 1. The highest BCUT2D eigenvalue weighted by atomic mass is 32.1. The summed E-state index contributed by atoms with van der Waals surface area (Å²) < 4.78 is 5.97. The molecule has 1 amide bonds. The number of piperidine rings is 1. The third kappa shape index (κ3) is 8.93. The number of primary amides is 1. The van der Waals surface area contributed by atoms with Gasteiger partial charge >= 0.3 is 5.97 Å². The van der Waals surface area contributed by atoms with E-state index in [2.05, 4.69) is 46.9 Å². The lowest BCUT2D eigenvalue weighted by Gasteiger charge is -2.51. The van der Waals surface area contributed by atoms with Crippen LogP contribution in [-0.2, 0) is 45.7 Å². The van der Waals surface area contributed by atoms with Gasteiger partial charge in [-0.3, -0.25) is 9.59 Å². The third-order valence-corrected chi connectivity index (χ3v) is 13.4. The highest BCUT2D eigenvalue weighted by Crippen LogP contribution is 2.51. The van der Waals surface area contributed by atoms with Crippen LogP contribution in [0.1, 0.15) is 83.2 Å². The van der Waals surface area contributed by atoms with Crippen LogP contribution in [0.4, 0.5) is 0 Å². The monoisotopic (exact) mass is 800 g/mol. The maximum absolute atomic E-state index is 13.4. The number of ether oxygens (including phenoxy) is 1. The molecule has 2 aliphatic rings. The molecule has 1 atom stereocenters. The summed E-state index contributed by atoms with van der Waals surface area (Å²) in [6.45, 7) is 8.43. The lowest BCUT2D eigenvalue weighted by molar-refractivity contribution is -0.181. The maximum atomic E-state index is 13.4. The van der Waals surface area contributed by atoms with Gasteiger partial charge < -0.3 is 41.0 Å². The van der Waals surface area contributed by atoms with E-state index in [1.807, 2.05) is 22.9 Å². The number of nitrogens with zero attached hydrogens (tertiary/aromatic N) is 1. The Balaban J connectivity index is 0.00000172. The first kappa shape index (κ1) is 41.3. The minimum Gasteiger partial charge on any atom is -0.506 e. The Morgan fingerprint density at radius 3 is 2.25 bits per heavy atom. The topological polar surface area (TPSA) is 178 Å². The molecule has 298 valence electrons. The van der Waals surface area contributed by atoms with Crippen LogP contribution in [0, 0.1) is 5.41 Å². The number of aromatic nitrogens is 1. The lowest BCUT2D eigenvalue weighted by atomic mass is 9.61. The number of aromatic amines is 1. The largest absolute Gasteiger partial charge is 0.506 e. The Bertz CT molecular complexity index is 2100. The molecule has 3 aromatic heterocycles. The zero-order valence-electron chi connectivity index (χ0n) is 32.0. The Morgan fingerprint density at radius 2 is 1.64 bits per heavy atom.